The Morgan fingerprint density at radius 3 is 2.86 bits per heavy atom. The van der Waals surface area contributed by atoms with Crippen LogP contribution in [0.4, 0.5) is 0 Å². The first-order valence-electron chi connectivity index (χ1n) is 6.82. The number of methoxy groups -OCH3 is 1. The molecule has 1 aromatic heterocycles. The van der Waals surface area contributed by atoms with Crippen LogP contribution in [0.25, 0.3) is 10.9 Å². The lowest BCUT2D eigenvalue weighted by Crippen LogP contribution is -2.06. The first-order chi connectivity index (χ1) is 10.4. The monoisotopic (exact) mass is 279 g/mol. The summed E-state index contributed by atoms with van der Waals surface area (Å²) in [7, 11) is 1.67. The van der Waals surface area contributed by atoms with E-state index in [4.69, 9.17) is 4.74 Å². The minimum absolute atomic E-state index is 0.628. The molecule has 0 aliphatic rings. The van der Waals surface area contributed by atoms with Gasteiger partial charge in [0.1, 0.15) is 5.75 Å². The molecular weight excluding hydrogens is 262 g/mol. The average Bonchev–Trinajstić information content (AvgIpc) is 2.95. The van der Waals surface area contributed by atoms with Crippen LogP contribution >= 0.6 is 0 Å². The van der Waals surface area contributed by atoms with E-state index in [-0.39, 0.29) is 0 Å². The van der Waals surface area contributed by atoms with E-state index in [0.29, 0.717) is 6.54 Å². The standard InChI is InChI=1S/C17H17N3O/c1-21-17-9-5-2-6-13(17)11-19-20-12-14-10-18-16-8-4-3-7-15(14)16/h2-10,12,18-19H,11H2,1H3/b20-12-. The summed E-state index contributed by atoms with van der Waals surface area (Å²) in [6, 6.07) is 16.1. The first kappa shape index (κ1) is 13.2. The third-order valence-electron chi connectivity index (χ3n) is 3.38. The number of fused-ring (bicyclic) bond motifs is 1. The van der Waals surface area contributed by atoms with Gasteiger partial charge in [-0.15, -0.1) is 0 Å². The van der Waals surface area contributed by atoms with Crippen LogP contribution in [0.1, 0.15) is 11.1 Å². The van der Waals surface area contributed by atoms with Gasteiger partial charge < -0.3 is 15.1 Å². The van der Waals surface area contributed by atoms with E-state index in [2.05, 4.69) is 27.6 Å². The smallest absolute Gasteiger partial charge is 0.123 e. The van der Waals surface area contributed by atoms with E-state index in [1.165, 1.54) is 5.39 Å². The lowest BCUT2D eigenvalue weighted by Gasteiger charge is -2.07. The molecule has 0 aliphatic carbocycles. The van der Waals surface area contributed by atoms with Gasteiger partial charge in [0, 0.05) is 28.2 Å². The van der Waals surface area contributed by atoms with Gasteiger partial charge in [0.25, 0.3) is 0 Å². The summed E-state index contributed by atoms with van der Waals surface area (Å²) in [4.78, 5) is 3.23. The lowest BCUT2D eigenvalue weighted by molar-refractivity contribution is 0.408. The second kappa shape index (κ2) is 6.13. The number of H-pyrrole nitrogens is 1. The lowest BCUT2D eigenvalue weighted by atomic mass is 10.2. The minimum Gasteiger partial charge on any atom is -0.496 e. The van der Waals surface area contributed by atoms with Crippen molar-refractivity contribution in [1.29, 1.82) is 0 Å². The number of nitrogens with zero attached hydrogens (tertiary/aromatic N) is 1. The van der Waals surface area contributed by atoms with Crippen LogP contribution in [-0.4, -0.2) is 18.3 Å². The highest BCUT2D eigenvalue weighted by Crippen LogP contribution is 2.17. The topological polar surface area (TPSA) is 49.4 Å². The maximum absolute atomic E-state index is 5.31. The molecule has 0 saturated heterocycles. The van der Waals surface area contributed by atoms with Crippen molar-refractivity contribution in [1.82, 2.24) is 10.4 Å². The fourth-order valence-electron chi connectivity index (χ4n) is 2.30. The summed E-state index contributed by atoms with van der Waals surface area (Å²) in [6.07, 6.45) is 3.78. The molecule has 4 heteroatoms. The van der Waals surface area contributed by atoms with E-state index in [1.54, 1.807) is 7.11 Å². The summed E-state index contributed by atoms with van der Waals surface area (Å²) in [5.74, 6) is 0.868. The molecule has 1 heterocycles. The Hall–Kier alpha value is -2.75. The van der Waals surface area contributed by atoms with Gasteiger partial charge in [-0.2, -0.15) is 5.10 Å². The highest BCUT2D eigenvalue weighted by atomic mass is 16.5. The molecule has 3 aromatic rings. The number of para-hydroxylation sites is 2. The Balaban J connectivity index is 1.67. The largest absolute Gasteiger partial charge is 0.496 e. The zero-order valence-corrected chi connectivity index (χ0v) is 11.8. The number of rotatable bonds is 5. The summed E-state index contributed by atoms with van der Waals surface area (Å²) in [5, 5.41) is 5.45. The molecule has 0 radical (unpaired) electrons. The fourth-order valence-corrected chi connectivity index (χ4v) is 2.30. The first-order valence-corrected chi connectivity index (χ1v) is 6.82. The van der Waals surface area contributed by atoms with Crippen LogP contribution in [0.3, 0.4) is 0 Å². The molecule has 0 spiro atoms. The number of hydrogen-bond donors (Lipinski definition) is 2. The molecule has 0 aliphatic heterocycles. The average molecular weight is 279 g/mol. The van der Waals surface area contributed by atoms with Crippen LogP contribution < -0.4 is 10.2 Å². The van der Waals surface area contributed by atoms with Crippen LogP contribution in [-0.2, 0) is 6.54 Å². The molecule has 106 valence electrons. The fraction of sp³-hybridized carbons (Fsp3) is 0.118. The van der Waals surface area contributed by atoms with Crippen molar-refractivity contribution in [3.05, 3.63) is 65.9 Å². The van der Waals surface area contributed by atoms with Crippen molar-refractivity contribution >= 4 is 17.1 Å². The zero-order valence-electron chi connectivity index (χ0n) is 11.8. The number of ether oxygens (including phenoxy) is 1. The Labute approximate surface area is 123 Å². The second-order valence-electron chi connectivity index (χ2n) is 4.69. The molecule has 0 saturated carbocycles. The summed E-state index contributed by atoms with van der Waals surface area (Å²) < 4.78 is 5.31. The number of nitrogens with one attached hydrogen (secondary N) is 2. The van der Waals surface area contributed by atoms with Gasteiger partial charge in [-0.1, -0.05) is 36.4 Å². The van der Waals surface area contributed by atoms with Crippen molar-refractivity contribution in [2.45, 2.75) is 6.54 Å². The van der Waals surface area contributed by atoms with Crippen molar-refractivity contribution in [3.63, 3.8) is 0 Å². The predicted octanol–water partition coefficient (Wildman–Crippen LogP) is 3.30. The molecular formula is C17H17N3O. The van der Waals surface area contributed by atoms with Crippen LogP contribution in [0, 0.1) is 0 Å². The molecule has 21 heavy (non-hydrogen) atoms. The van der Waals surface area contributed by atoms with Crippen molar-refractivity contribution in [2.75, 3.05) is 7.11 Å². The molecule has 4 nitrogen and oxygen atoms in total. The van der Waals surface area contributed by atoms with E-state index >= 15 is 0 Å². The van der Waals surface area contributed by atoms with Gasteiger partial charge >= 0.3 is 0 Å². The van der Waals surface area contributed by atoms with Crippen molar-refractivity contribution in [2.24, 2.45) is 5.10 Å². The molecule has 2 aromatic carbocycles. The Kier molecular flexibility index (Phi) is 3.87. The van der Waals surface area contributed by atoms with Gasteiger partial charge in [-0.3, -0.25) is 0 Å². The van der Waals surface area contributed by atoms with Gasteiger partial charge in [-0.25, -0.2) is 0 Å². The molecule has 0 amide bonds. The number of benzene rings is 2. The zero-order chi connectivity index (χ0) is 14.5. The quantitative estimate of drug-likeness (QED) is 0.556. The van der Waals surface area contributed by atoms with Crippen LogP contribution in [0.2, 0.25) is 0 Å². The number of aromatic nitrogens is 1. The Bertz CT molecular complexity index is 761. The number of aromatic amines is 1. The maximum atomic E-state index is 5.31. The van der Waals surface area contributed by atoms with Gasteiger partial charge in [0.2, 0.25) is 0 Å². The van der Waals surface area contributed by atoms with Gasteiger partial charge in [0.05, 0.1) is 19.9 Å². The van der Waals surface area contributed by atoms with Crippen molar-refractivity contribution < 1.29 is 4.74 Å². The second-order valence-corrected chi connectivity index (χ2v) is 4.69. The molecule has 0 bridgehead atoms. The predicted molar refractivity (Wildman–Crippen MR) is 85.7 cm³/mol. The summed E-state index contributed by atoms with van der Waals surface area (Å²) in [5.41, 5.74) is 6.32. The third kappa shape index (κ3) is 2.89. The molecule has 0 atom stereocenters. The minimum atomic E-state index is 0.628. The third-order valence-corrected chi connectivity index (χ3v) is 3.38. The van der Waals surface area contributed by atoms with Gasteiger partial charge in [-0.05, 0) is 12.1 Å². The highest BCUT2D eigenvalue weighted by molar-refractivity contribution is 5.98. The normalized spacial score (nSPS) is 11.1. The maximum Gasteiger partial charge on any atom is 0.123 e. The molecule has 0 unspecified atom stereocenters. The van der Waals surface area contributed by atoms with E-state index in [0.717, 1.165) is 22.4 Å². The molecule has 3 rings (SSSR count). The number of hydrogen-bond acceptors (Lipinski definition) is 3. The van der Waals surface area contributed by atoms with Crippen molar-refractivity contribution in [3.8, 4) is 5.75 Å². The SMILES string of the molecule is COc1ccccc1CN/N=C\c1c[nH]c2ccccc12. The summed E-state index contributed by atoms with van der Waals surface area (Å²) in [6.45, 7) is 0.628. The van der Waals surface area contributed by atoms with E-state index in [9.17, 15) is 0 Å². The molecule has 2 N–H and O–H groups in total. The molecule has 0 fully saturated rings. The number of hydrazone groups is 1. The van der Waals surface area contributed by atoms with E-state index in [1.807, 2.05) is 48.8 Å². The van der Waals surface area contributed by atoms with Crippen LogP contribution in [0.5, 0.6) is 5.75 Å². The highest BCUT2D eigenvalue weighted by Gasteiger charge is 2.01. The van der Waals surface area contributed by atoms with Gasteiger partial charge in [0.15, 0.2) is 0 Å². The van der Waals surface area contributed by atoms with E-state index < -0.39 is 0 Å². The Morgan fingerprint density at radius 1 is 1.14 bits per heavy atom. The Morgan fingerprint density at radius 2 is 1.95 bits per heavy atom. The van der Waals surface area contributed by atoms with Crippen LogP contribution in [0.15, 0.2) is 59.8 Å². The summed E-state index contributed by atoms with van der Waals surface area (Å²) >= 11 is 0.